The molecule has 22 heavy (non-hydrogen) atoms. The summed E-state index contributed by atoms with van der Waals surface area (Å²) < 4.78 is 0. The van der Waals surface area contributed by atoms with Crippen molar-refractivity contribution >= 4 is 18.3 Å². The molecule has 1 heterocycles. The van der Waals surface area contributed by atoms with Crippen LogP contribution in [0.1, 0.15) is 38.7 Å². The lowest BCUT2D eigenvalue weighted by Crippen LogP contribution is -2.48. The van der Waals surface area contributed by atoms with Crippen molar-refractivity contribution in [2.75, 3.05) is 19.6 Å². The van der Waals surface area contributed by atoms with Crippen LogP contribution in [0.15, 0.2) is 30.3 Å². The Kier molecular flexibility index (Phi) is 8.51. The molecule has 1 aliphatic heterocycles. The fraction of sp³-hybridized carbons (Fsp3) is 0.611. The maximum Gasteiger partial charge on any atom is 0.227 e. The van der Waals surface area contributed by atoms with Gasteiger partial charge < -0.3 is 10.2 Å². The van der Waals surface area contributed by atoms with E-state index < -0.39 is 0 Å². The minimum atomic E-state index is 0. The predicted molar refractivity (Wildman–Crippen MR) is 94.5 cm³/mol. The van der Waals surface area contributed by atoms with Crippen molar-refractivity contribution in [3.8, 4) is 0 Å². The van der Waals surface area contributed by atoms with Gasteiger partial charge in [-0.25, -0.2) is 0 Å². The SMILES string of the molecule is CCC(Cc1ccccc1)N(CC)C(=O)C1CCCNC1.Cl. The van der Waals surface area contributed by atoms with E-state index in [4.69, 9.17) is 0 Å². The molecule has 0 aliphatic carbocycles. The van der Waals surface area contributed by atoms with Crippen LogP contribution in [-0.2, 0) is 11.2 Å². The summed E-state index contributed by atoms with van der Waals surface area (Å²) in [5, 5.41) is 3.35. The third-order valence-electron chi connectivity index (χ3n) is 4.50. The highest BCUT2D eigenvalue weighted by atomic mass is 35.5. The van der Waals surface area contributed by atoms with Gasteiger partial charge in [-0.1, -0.05) is 37.3 Å². The Morgan fingerprint density at radius 1 is 1.32 bits per heavy atom. The van der Waals surface area contributed by atoms with Gasteiger partial charge in [0.25, 0.3) is 0 Å². The van der Waals surface area contributed by atoms with Gasteiger partial charge in [-0.3, -0.25) is 4.79 Å². The van der Waals surface area contributed by atoms with E-state index in [1.54, 1.807) is 0 Å². The Morgan fingerprint density at radius 3 is 2.59 bits per heavy atom. The second-order valence-electron chi connectivity index (χ2n) is 5.92. The molecule has 1 fully saturated rings. The Bertz CT molecular complexity index is 432. The van der Waals surface area contributed by atoms with E-state index in [1.807, 2.05) is 6.07 Å². The number of amides is 1. The van der Waals surface area contributed by atoms with Crippen LogP contribution in [0.5, 0.6) is 0 Å². The van der Waals surface area contributed by atoms with E-state index >= 15 is 0 Å². The molecular formula is C18H29ClN2O. The summed E-state index contributed by atoms with van der Waals surface area (Å²) in [6, 6.07) is 10.8. The van der Waals surface area contributed by atoms with Crippen LogP contribution in [-0.4, -0.2) is 36.5 Å². The average molecular weight is 325 g/mol. The van der Waals surface area contributed by atoms with Crippen LogP contribution >= 0.6 is 12.4 Å². The molecule has 124 valence electrons. The molecule has 1 aromatic carbocycles. The van der Waals surface area contributed by atoms with Gasteiger partial charge in [0, 0.05) is 19.1 Å². The van der Waals surface area contributed by atoms with E-state index in [-0.39, 0.29) is 18.3 Å². The van der Waals surface area contributed by atoms with E-state index in [9.17, 15) is 4.79 Å². The molecule has 1 saturated heterocycles. The summed E-state index contributed by atoms with van der Waals surface area (Å²) in [4.78, 5) is 14.9. The molecule has 2 unspecified atom stereocenters. The summed E-state index contributed by atoms with van der Waals surface area (Å²) in [7, 11) is 0. The molecule has 0 spiro atoms. The van der Waals surface area contributed by atoms with Crippen LogP contribution in [0.3, 0.4) is 0 Å². The largest absolute Gasteiger partial charge is 0.339 e. The molecule has 2 atom stereocenters. The van der Waals surface area contributed by atoms with Crippen molar-refractivity contribution in [3.05, 3.63) is 35.9 Å². The van der Waals surface area contributed by atoms with Crippen molar-refractivity contribution in [2.24, 2.45) is 5.92 Å². The second kappa shape index (κ2) is 9.86. The predicted octanol–water partition coefficient (Wildman–Crippen LogP) is 3.28. The summed E-state index contributed by atoms with van der Waals surface area (Å²) in [6.07, 6.45) is 4.11. The van der Waals surface area contributed by atoms with E-state index in [0.717, 1.165) is 45.3 Å². The van der Waals surface area contributed by atoms with Crippen LogP contribution in [0.2, 0.25) is 0 Å². The van der Waals surface area contributed by atoms with Gasteiger partial charge in [-0.05, 0) is 44.7 Å². The number of carbonyl (C=O) groups excluding carboxylic acids is 1. The fourth-order valence-corrected chi connectivity index (χ4v) is 3.25. The molecule has 2 rings (SSSR count). The number of hydrogen-bond donors (Lipinski definition) is 1. The molecule has 1 N–H and O–H groups in total. The smallest absolute Gasteiger partial charge is 0.227 e. The number of benzene rings is 1. The molecule has 3 nitrogen and oxygen atoms in total. The molecule has 0 bridgehead atoms. The lowest BCUT2D eigenvalue weighted by Gasteiger charge is -2.34. The Hall–Kier alpha value is -1.06. The van der Waals surface area contributed by atoms with Gasteiger partial charge in [-0.2, -0.15) is 0 Å². The van der Waals surface area contributed by atoms with Gasteiger partial charge in [-0.15, -0.1) is 12.4 Å². The molecule has 1 aliphatic rings. The number of nitrogens with one attached hydrogen (secondary N) is 1. The van der Waals surface area contributed by atoms with Gasteiger partial charge >= 0.3 is 0 Å². The lowest BCUT2D eigenvalue weighted by molar-refractivity contribution is -0.138. The standard InChI is InChI=1S/C18H28N2O.ClH/c1-3-17(13-15-9-6-5-7-10-15)20(4-2)18(21)16-11-8-12-19-14-16;/h5-7,9-10,16-17,19H,3-4,8,11-14H2,1-2H3;1H. The van der Waals surface area contributed by atoms with Gasteiger partial charge in [0.05, 0.1) is 5.92 Å². The topological polar surface area (TPSA) is 32.3 Å². The van der Waals surface area contributed by atoms with Crippen molar-refractivity contribution < 1.29 is 4.79 Å². The number of nitrogens with zero attached hydrogens (tertiary/aromatic N) is 1. The first-order valence-electron chi connectivity index (χ1n) is 8.31. The zero-order valence-corrected chi connectivity index (χ0v) is 14.6. The molecule has 0 radical (unpaired) electrons. The second-order valence-corrected chi connectivity index (χ2v) is 5.92. The summed E-state index contributed by atoms with van der Waals surface area (Å²) in [6.45, 7) is 6.99. The lowest BCUT2D eigenvalue weighted by atomic mass is 9.95. The first-order valence-corrected chi connectivity index (χ1v) is 8.31. The maximum absolute atomic E-state index is 12.8. The van der Waals surface area contributed by atoms with E-state index in [1.165, 1.54) is 5.56 Å². The van der Waals surface area contributed by atoms with Crippen molar-refractivity contribution in [2.45, 2.75) is 45.6 Å². The Morgan fingerprint density at radius 2 is 2.05 bits per heavy atom. The minimum Gasteiger partial charge on any atom is -0.339 e. The molecule has 0 aromatic heterocycles. The maximum atomic E-state index is 12.8. The Balaban J connectivity index is 0.00000242. The molecule has 1 amide bonds. The van der Waals surface area contributed by atoms with Crippen molar-refractivity contribution in [3.63, 3.8) is 0 Å². The van der Waals surface area contributed by atoms with Gasteiger partial charge in [0.1, 0.15) is 0 Å². The van der Waals surface area contributed by atoms with Crippen LogP contribution in [0.4, 0.5) is 0 Å². The van der Waals surface area contributed by atoms with E-state index in [2.05, 4.69) is 48.3 Å². The average Bonchev–Trinajstić information content (AvgIpc) is 2.56. The van der Waals surface area contributed by atoms with Gasteiger partial charge in [0.15, 0.2) is 0 Å². The Labute approximate surface area is 140 Å². The third-order valence-corrected chi connectivity index (χ3v) is 4.50. The normalized spacial score (nSPS) is 19.1. The highest BCUT2D eigenvalue weighted by molar-refractivity contribution is 5.85. The number of hydrogen-bond acceptors (Lipinski definition) is 2. The molecule has 1 aromatic rings. The van der Waals surface area contributed by atoms with Crippen LogP contribution < -0.4 is 5.32 Å². The minimum absolute atomic E-state index is 0. The van der Waals surface area contributed by atoms with Crippen LogP contribution in [0, 0.1) is 5.92 Å². The molecule has 4 heteroatoms. The first kappa shape index (κ1) is 19.0. The summed E-state index contributed by atoms with van der Waals surface area (Å²) in [5.41, 5.74) is 1.32. The third kappa shape index (κ3) is 4.99. The number of rotatable bonds is 6. The fourth-order valence-electron chi connectivity index (χ4n) is 3.25. The van der Waals surface area contributed by atoms with E-state index in [0.29, 0.717) is 11.9 Å². The van der Waals surface area contributed by atoms with Crippen molar-refractivity contribution in [1.29, 1.82) is 0 Å². The summed E-state index contributed by atoms with van der Waals surface area (Å²) in [5.74, 6) is 0.510. The number of piperidine rings is 1. The number of likely N-dealkylation sites (N-methyl/N-ethyl adjacent to an activating group) is 1. The highest BCUT2D eigenvalue weighted by Gasteiger charge is 2.28. The quantitative estimate of drug-likeness (QED) is 0.871. The monoisotopic (exact) mass is 324 g/mol. The summed E-state index contributed by atoms with van der Waals surface area (Å²) >= 11 is 0. The highest BCUT2D eigenvalue weighted by Crippen LogP contribution is 2.19. The first-order chi connectivity index (χ1) is 10.3. The molecule has 0 saturated carbocycles. The van der Waals surface area contributed by atoms with Crippen molar-refractivity contribution in [1.82, 2.24) is 10.2 Å². The van der Waals surface area contributed by atoms with Crippen LogP contribution in [0.25, 0.3) is 0 Å². The number of halogens is 1. The van der Waals surface area contributed by atoms with Gasteiger partial charge in [0.2, 0.25) is 5.91 Å². The zero-order valence-electron chi connectivity index (χ0n) is 13.8. The molecular weight excluding hydrogens is 296 g/mol. The number of carbonyl (C=O) groups is 1. The zero-order chi connectivity index (χ0) is 15.1.